The zero-order valence-electron chi connectivity index (χ0n) is 11.9. The van der Waals surface area contributed by atoms with Crippen molar-refractivity contribution in [2.75, 3.05) is 20.1 Å². The van der Waals surface area contributed by atoms with E-state index in [1.54, 1.807) is 0 Å². The summed E-state index contributed by atoms with van der Waals surface area (Å²) < 4.78 is 0.970. The third-order valence-electron chi connectivity index (χ3n) is 4.65. The predicted molar refractivity (Wildman–Crippen MR) is 83.9 cm³/mol. The maximum Gasteiger partial charge on any atom is 0.254 e. The smallest absolute Gasteiger partial charge is 0.254 e. The average molecular weight is 337 g/mol. The second kappa shape index (κ2) is 5.86. The molecule has 0 spiro atoms. The molecule has 2 saturated heterocycles. The summed E-state index contributed by atoms with van der Waals surface area (Å²) in [7, 11) is 2.19. The second-order valence-electron chi connectivity index (χ2n) is 5.91. The number of carbonyl (C=O) groups is 1. The van der Waals surface area contributed by atoms with Crippen LogP contribution in [-0.2, 0) is 0 Å². The Morgan fingerprint density at radius 1 is 1.20 bits per heavy atom. The van der Waals surface area contributed by atoms with Gasteiger partial charge in [-0.05, 0) is 57.5 Å². The third kappa shape index (κ3) is 2.63. The molecule has 0 unspecified atom stereocenters. The van der Waals surface area contributed by atoms with Crippen LogP contribution in [0.4, 0.5) is 0 Å². The SMILES string of the molecule is CN1CCC[C@H]1[C@H]1CCCN1C(=O)c1cccc(Br)c1. The highest BCUT2D eigenvalue weighted by Crippen LogP contribution is 2.30. The van der Waals surface area contributed by atoms with Gasteiger partial charge in [-0.25, -0.2) is 0 Å². The van der Waals surface area contributed by atoms with E-state index in [1.807, 2.05) is 24.3 Å². The van der Waals surface area contributed by atoms with Gasteiger partial charge in [0.2, 0.25) is 0 Å². The Kier molecular flexibility index (Phi) is 4.13. The Hall–Kier alpha value is -0.870. The average Bonchev–Trinajstić information content (AvgIpc) is 3.06. The quantitative estimate of drug-likeness (QED) is 0.828. The van der Waals surface area contributed by atoms with E-state index < -0.39 is 0 Å². The molecular weight excluding hydrogens is 316 g/mol. The van der Waals surface area contributed by atoms with Crippen LogP contribution in [0.2, 0.25) is 0 Å². The fourth-order valence-corrected chi connectivity index (χ4v) is 4.05. The molecule has 1 aromatic rings. The summed E-state index contributed by atoms with van der Waals surface area (Å²) in [6.45, 7) is 2.07. The summed E-state index contributed by atoms with van der Waals surface area (Å²) >= 11 is 3.45. The molecule has 0 aliphatic carbocycles. The molecule has 1 aromatic carbocycles. The van der Waals surface area contributed by atoms with Gasteiger partial charge in [-0.2, -0.15) is 0 Å². The minimum Gasteiger partial charge on any atom is -0.334 e. The van der Waals surface area contributed by atoms with Crippen molar-refractivity contribution in [3.63, 3.8) is 0 Å². The molecule has 0 bridgehead atoms. The summed E-state index contributed by atoms with van der Waals surface area (Å²) in [5.41, 5.74) is 0.798. The van der Waals surface area contributed by atoms with E-state index in [0.29, 0.717) is 12.1 Å². The third-order valence-corrected chi connectivity index (χ3v) is 5.15. The maximum atomic E-state index is 12.8. The number of carbonyl (C=O) groups excluding carboxylic acids is 1. The van der Waals surface area contributed by atoms with Gasteiger partial charge in [-0.1, -0.05) is 22.0 Å². The Morgan fingerprint density at radius 2 is 1.95 bits per heavy atom. The summed E-state index contributed by atoms with van der Waals surface area (Å²) in [6, 6.07) is 8.69. The number of hydrogen-bond acceptors (Lipinski definition) is 2. The van der Waals surface area contributed by atoms with E-state index >= 15 is 0 Å². The number of nitrogens with zero attached hydrogens (tertiary/aromatic N) is 2. The number of halogens is 1. The molecule has 20 heavy (non-hydrogen) atoms. The van der Waals surface area contributed by atoms with Gasteiger partial charge in [0.15, 0.2) is 0 Å². The highest BCUT2D eigenvalue weighted by molar-refractivity contribution is 9.10. The fraction of sp³-hybridized carbons (Fsp3) is 0.562. The first-order chi connectivity index (χ1) is 9.66. The molecule has 0 saturated carbocycles. The van der Waals surface area contributed by atoms with E-state index in [1.165, 1.54) is 19.4 Å². The molecule has 3 rings (SSSR count). The summed E-state index contributed by atoms with van der Waals surface area (Å²) in [6.07, 6.45) is 4.77. The Labute approximate surface area is 129 Å². The van der Waals surface area contributed by atoms with Gasteiger partial charge in [0, 0.05) is 28.7 Å². The van der Waals surface area contributed by atoms with Gasteiger partial charge < -0.3 is 9.80 Å². The van der Waals surface area contributed by atoms with Crippen LogP contribution in [0.5, 0.6) is 0 Å². The first kappa shape index (κ1) is 14.1. The van der Waals surface area contributed by atoms with E-state index in [9.17, 15) is 4.79 Å². The van der Waals surface area contributed by atoms with Crippen molar-refractivity contribution < 1.29 is 4.79 Å². The van der Waals surface area contributed by atoms with Crippen molar-refractivity contribution in [1.29, 1.82) is 0 Å². The van der Waals surface area contributed by atoms with Crippen molar-refractivity contribution in [2.24, 2.45) is 0 Å². The van der Waals surface area contributed by atoms with Crippen molar-refractivity contribution in [1.82, 2.24) is 9.80 Å². The summed E-state index contributed by atoms with van der Waals surface area (Å²) in [5, 5.41) is 0. The maximum absolute atomic E-state index is 12.8. The first-order valence-corrected chi connectivity index (χ1v) is 8.23. The monoisotopic (exact) mass is 336 g/mol. The Morgan fingerprint density at radius 3 is 2.65 bits per heavy atom. The predicted octanol–water partition coefficient (Wildman–Crippen LogP) is 3.15. The van der Waals surface area contributed by atoms with Crippen LogP contribution in [-0.4, -0.2) is 47.9 Å². The minimum atomic E-state index is 0.189. The van der Waals surface area contributed by atoms with Crippen molar-refractivity contribution in [3.8, 4) is 0 Å². The molecule has 2 aliphatic heterocycles. The number of likely N-dealkylation sites (N-methyl/N-ethyl adjacent to an activating group) is 1. The molecule has 4 heteroatoms. The van der Waals surface area contributed by atoms with Gasteiger partial charge in [0.1, 0.15) is 0 Å². The number of hydrogen-bond donors (Lipinski definition) is 0. The second-order valence-corrected chi connectivity index (χ2v) is 6.82. The molecule has 3 nitrogen and oxygen atoms in total. The highest BCUT2D eigenvalue weighted by atomic mass is 79.9. The van der Waals surface area contributed by atoms with Crippen molar-refractivity contribution in [2.45, 2.75) is 37.8 Å². The van der Waals surface area contributed by atoms with Gasteiger partial charge in [-0.3, -0.25) is 4.79 Å². The standard InChI is InChI=1S/C16H21BrN2O/c1-18-9-3-7-14(18)15-8-4-10-19(15)16(20)12-5-2-6-13(17)11-12/h2,5-6,11,14-15H,3-4,7-10H2,1H3/t14-,15+/m0/s1. The number of benzene rings is 1. The van der Waals surface area contributed by atoms with Crippen LogP contribution >= 0.6 is 15.9 Å². The van der Waals surface area contributed by atoms with E-state index in [0.717, 1.165) is 29.4 Å². The zero-order valence-corrected chi connectivity index (χ0v) is 13.5. The van der Waals surface area contributed by atoms with E-state index in [4.69, 9.17) is 0 Å². The number of likely N-dealkylation sites (tertiary alicyclic amines) is 2. The van der Waals surface area contributed by atoms with Crippen molar-refractivity contribution in [3.05, 3.63) is 34.3 Å². The molecule has 2 heterocycles. The lowest BCUT2D eigenvalue weighted by Gasteiger charge is -2.33. The van der Waals surface area contributed by atoms with Gasteiger partial charge in [0.25, 0.3) is 5.91 Å². The van der Waals surface area contributed by atoms with Gasteiger partial charge >= 0.3 is 0 Å². The van der Waals surface area contributed by atoms with Gasteiger partial charge in [0.05, 0.1) is 0 Å². The van der Waals surface area contributed by atoms with Crippen LogP contribution < -0.4 is 0 Å². The Bertz CT molecular complexity index is 505. The topological polar surface area (TPSA) is 23.6 Å². The molecule has 0 aromatic heterocycles. The summed E-state index contributed by atoms with van der Waals surface area (Å²) in [4.78, 5) is 17.3. The molecular formula is C16H21BrN2O. The van der Waals surface area contributed by atoms with Crippen LogP contribution in [0.3, 0.4) is 0 Å². The van der Waals surface area contributed by atoms with Crippen LogP contribution in [0, 0.1) is 0 Å². The largest absolute Gasteiger partial charge is 0.334 e. The molecule has 108 valence electrons. The minimum absolute atomic E-state index is 0.189. The number of rotatable bonds is 2. The van der Waals surface area contributed by atoms with Crippen molar-refractivity contribution >= 4 is 21.8 Å². The van der Waals surface area contributed by atoms with E-state index in [-0.39, 0.29) is 5.91 Å². The zero-order chi connectivity index (χ0) is 14.1. The highest BCUT2D eigenvalue weighted by Gasteiger charge is 2.38. The number of amides is 1. The summed E-state index contributed by atoms with van der Waals surface area (Å²) in [5.74, 6) is 0.189. The van der Waals surface area contributed by atoms with E-state index in [2.05, 4.69) is 32.8 Å². The van der Waals surface area contributed by atoms with Crippen LogP contribution in [0.15, 0.2) is 28.7 Å². The van der Waals surface area contributed by atoms with Gasteiger partial charge in [-0.15, -0.1) is 0 Å². The van der Waals surface area contributed by atoms with Crippen LogP contribution in [0.25, 0.3) is 0 Å². The lowest BCUT2D eigenvalue weighted by atomic mass is 10.0. The first-order valence-electron chi connectivity index (χ1n) is 7.43. The molecule has 2 fully saturated rings. The fourth-order valence-electron chi connectivity index (χ4n) is 3.65. The van der Waals surface area contributed by atoms with Crippen LogP contribution in [0.1, 0.15) is 36.0 Å². The molecule has 1 amide bonds. The lowest BCUT2D eigenvalue weighted by Crippen LogP contribution is -2.47. The Balaban J connectivity index is 1.79. The molecule has 2 atom stereocenters. The molecule has 0 radical (unpaired) electrons. The molecule has 0 N–H and O–H groups in total. The molecule has 2 aliphatic rings. The normalized spacial score (nSPS) is 27.2. The lowest BCUT2D eigenvalue weighted by molar-refractivity contribution is 0.0664.